The summed E-state index contributed by atoms with van der Waals surface area (Å²) >= 11 is 0. The van der Waals surface area contributed by atoms with Gasteiger partial charge >= 0.3 is 12.0 Å². The van der Waals surface area contributed by atoms with Gasteiger partial charge < -0.3 is 23.9 Å². The molecular formula is C22H29N3O5. The molecule has 1 aromatic carbocycles. The molecule has 0 spiro atoms. The van der Waals surface area contributed by atoms with Crippen LogP contribution in [0.3, 0.4) is 0 Å². The third-order valence-corrected chi connectivity index (χ3v) is 5.95. The Bertz CT molecular complexity index is 906. The topological polar surface area (TPSA) is 97.9 Å². The van der Waals surface area contributed by atoms with Crippen LogP contribution in [0, 0.1) is 11.8 Å². The van der Waals surface area contributed by atoms with E-state index in [1.165, 1.54) is 7.11 Å². The molecular weight excluding hydrogens is 386 g/mol. The maximum atomic E-state index is 11.8. The number of fused-ring (bicyclic) bond motifs is 1. The van der Waals surface area contributed by atoms with Crippen LogP contribution in [0.15, 0.2) is 28.7 Å². The first-order valence-corrected chi connectivity index (χ1v) is 10.4. The number of hydrogen-bond donors (Lipinski definition) is 1. The van der Waals surface area contributed by atoms with E-state index in [1.807, 2.05) is 20.8 Å². The zero-order valence-corrected chi connectivity index (χ0v) is 17.9. The van der Waals surface area contributed by atoms with Gasteiger partial charge in [-0.05, 0) is 42.9 Å². The first kappa shape index (κ1) is 20.7. The highest BCUT2D eigenvalue weighted by atomic mass is 16.5. The van der Waals surface area contributed by atoms with Gasteiger partial charge in [-0.1, -0.05) is 31.9 Å². The SMILES string of the molecule is COC(=O)c1cccc(O[C@@H]2C[C@@H]3CN(c4nnc(C(C)(C)C)o4)C[C@@H]3C[C@H]2O)c1. The number of ether oxygens (including phenoxy) is 2. The van der Waals surface area contributed by atoms with E-state index in [-0.39, 0.29) is 11.5 Å². The van der Waals surface area contributed by atoms with Gasteiger partial charge in [-0.3, -0.25) is 0 Å². The van der Waals surface area contributed by atoms with E-state index in [0.717, 1.165) is 19.5 Å². The highest BCUT2D eigenvalue weighted by Gasteiger charge is 2.44. The first-order chi connectivity index (χ1) is 14.2. The molecule has 0 unspecified atom stereocenters. The van der Waals surface area contributed by atoms with Gasteiger partial charge in [0.15, 0.2) is 0 Å². The van der Waals surface area contributed by atoms with E-state index in [1.54, 1.807) is 24.3 Å². The second-order valence-corrected chi connectivity index (χ2v) is 9.28. The maximum absolute atomic E-state index is 11.8. The molecule has 1 aliphatic carbocycles. The molecule has 0 radical (unpaired) electrons. The van der Waals surface area contributed by atoms with Crippen LogP contribution in [0.1, 0.15) is 49.9 Å². The fraction of sp³-hybridized carbons (Fsp3) is 0.591. The number of benzene rings is 1. The predicted molar refractivity (Wildman–Crippen MR) is 110 cm³/mol. The van der Waals surface area contributed by atoms with Crippen LogP contribution in [-0.2, 0) is 10.2 Å². The van der Waals surface area contributed by atoms with Gasteiger partial charge in [0, 0.05) is 18.5 Å². The summed E-state index contributed by atoms with van der Waals surface area (Å²) in [6.07, 6.45) is 0.487. The number of aromatic nitrogens is 2. The molecule has 0 bridgehead atoms. The monoisotopic (exact) mass is 415 g/mol. The highest BCUT2D eigenvalue weighted by molar-refractivity contribution is 5.89. The summed E-state index contributed by atoms with van der Waals surface area (Å²) in [5, 5.41) is 19.1. The average molecular weight is 415 g/mol. The summed E-state index contributed by atoms with van der Waals surface area (Å²) in [6, 6.07) is 7.42. The third-order valence-electron chi connectivity index (χ3n) is 5.95. The lowest BCUT2D eigenvalue weighted by Crippen LogP contribution is -2.42. The number of aliphatic hydroxyl groups is 1. The van der Waals surface area contributed by atoms with Gasteiger partial charge in [-0.2, -0.15) is 0 Å². The number of carbonyl (C=O) groups is 1. The van der Waals surface area contributed by atoms with Crippen LogP contribution in [0.5, 0.6) is 5.75 Å². The largest absolute Gasteiger partial charge is 0.488 e. The van der Waals surface area contributed by atoms with E-state index in [2.05, 4.69) is 15.1 Å². The van der Waals surface area contributed by atoms with Gasteiger partial charge in [-0.25, -0.2) is 4.79 Å². The van der Waals surface area contributed by atoms with E-state index >= 15 is 0 Å². The minimum atomic E-state index is -0.569. The lowest BCUT2D eigenvalue weighted by atomic mass is 9.78. The smallest absolute Gasteiger partial charge is 0.337 e. The van der Waals surface area contributed by atoms with Crippen molar-refractivity contribution in [1.82, 2.24) is 10.2 Å². The first-order valence-electron chi connectivity index (χ1n) is 10.4. The molecule has 30 heavy (non-hydrogen) atoms. The average Bonchev–Trinajstić information content (AvgIpc) is 3.34. The van der Waals surface area contributed by atoms with Crippen molar-refractivity contribution in [3.8, 4) is 5.75 Å². The van der Waals surface area contributed by atoms with Crippen LogP contribution in [0.4, 0.5) is 6.01 Å². The fourth-order valence-corrected chi connectivity index (χ4v) is 4.31. The summed E-state index contributed by atoms with van der Waals surface area (Å²) in [6.45, 7) is 7.72. The van der Waals surface area contributed by atoms with E-state index in [0.29, 0.717) is 41.5 Å². The molecule has 0 amide bonds. The van der Waals surface area contributed by atoms with E-state index in [9.17, 15) is 9.90 Å². The maximum Gasteiger partial charge on any atom is 0.337 e. The second-order valence-electron chi connectivity index (χ2n) is 9.28. The Labute approximate surface area is 176 Å². The molecule has 2 heterocycles. The van der Waals surface area contributed by atoms with Crippen molar-refractivity contribution in [3.05, 3.63) is 35.7 Å². The summed E-state index contributed by atoms with van der Waals surface area (Å²) in [5.41, 5.74) is 0.238. The van der Waals surface area contributed by atoms with E-state index in [4.69, 9.17) is 13.9 Å². The number of rotatable bonds is 4. The molecule has 1 aliphatic heterocycles. The molecule has 1 saturated heterocycles. The Morgan fingerprint density at radius 3 is 2.60 bits per heavy atom. The minimum absolute atomic E-state index is 0.189. The number of methoxy groups -OCH3 is 1. The summed E-state index contributed by atoms with van der Waals surface area (Å²) in [5.74, 6) is 1.49. The van der Waals surface area contributed by atoms with Gasteiger partial charge in [-0.15, -0.1) is 5.10 Å². The van der Waals surface area contributed by atoms with Crippen LogP contribution >= 0.6 is 0 Å². The zero-order chi connectivity index (χ0) is 21.5. The van der Waals surface area contributed by atoms with Crippen LogP contribution in [0.25, 0.3) is 0 Å². The van der Waals surface area contributed by atoms with Crippen molar-refractivity contribution in [2.45, 2.75) is 51.2 Å². The number of carbonyl (C=O) groups excluding carboxylic acids is 1. The second kappa shape index (κ2) is 7.91. The zero-order valence-electron chi connectivity index (χ0n) is 17.9. The van der Waals surface area contributed by atoms with Crippen LogP contribution in [0.2, 0.25) is 0 Å². The lowest BCUT2D eigenvalue weighted by Gasteiger charge is -2.35. The molecule has 8 heteroatoms. The van der Waals surface area contributed by atoms with Gasteiger partial charge in [0.2, 0.25) is 5.89 Å². The number of nitrogens with zero attached hydrogens (tertiary/aromatic N) is 3. The number of anilines is 1. The molecule has 1 N–H and O–H groups in total. The summed E-state index contributed by atoms with van der Waals surface area (Å²) in [4.78, 5) is 13.9. The predicted octanol–water partition coefficient (Wildman–Crippen LogP) is 2.81. The van der Waals surface area contributed by atoms with Crippen molar-refractivity contribution < 1.29 is 23.8 Å². The van der Waals surface area contributed by atoms with Crippen molar-refractivity contribution in [2.24, 2.45) is 11.8 Å². The van der Waals surface area contributed by atoms with E-state index < -0.39 is 12.1 Å². The van der Waals surface area contributed by atoms with Gasteiger partial charge in [0.05, 0.1) is 18.8 Å². The van der Waals surface area contributed by atoms with Gasteiger partial charge in [0.1, 0.15) is 11.9 Å². The van der Waals surface area contributed by atoms with Crippen LogP contribution in [-0.4, -0.2) is 53.7 Å². The number of esters is 1. The number of hydrogen-bond acceptors (Lipinski definition) is 8. The third kappa shape index (κ3) is 4.14. The Balaban J connectivity index is 1.42. The molecule has 2 fully saturated rings. The standard InChI is InChI=1S/C22H29N3O5/c1-22(2,3)20-23-24-21(30-20)25-11-14-9-17(26)18(10-15(14)12-25)29-16-7-5-6-13(8-16)19(27)28-4/h5-8,14-15,17-18,26H,9-12H2,1-4H3/t14-,15+,17+,18+/m0/s1. The molecule has 1 aromatic heterocycles. The quantitative estimate of drug-likeness (QED) is 0.762. The highest BCUT2D eigenvalue weighted by Crippen LogP contribution is 2.39. The minimum Gasteiger partial charge on any atom is -0.488 e. The van der Waals surface area contributed by atoms with Crippen molar-refractivity contribution in [2.75, 3.05) is 25.1 Å². The van der Waals surface area contributed by atoms with Crippen molar-refractivity contribution in [3.63, 3.8) is 0 Å². The molecule has 2 aliphatic rings. The molecule has 4 atom stereocenters. The Morgan fingerprint density at radius 2 is 1.93 bits per heavy atom. The lowest BCUT2D eigenvalue weighted by molar-refractivity contribution is -0.0231. The van der Waals surface area contributed by atoms with Crippen molar-refractivity contribution in [1.29, 1.82) is 0 Å². The van der Waals surface area contributed by atoms with Crippen molar-refractivity contribution >= 4 is 12.0 Å². The Morgan fingerprint density at radius 1 is 1.20 bits per heavy atom. The molecule has 4 rings (SSSR count). The Hall–Kier alpha value is -2.61. The number of aliphatic hydroxyl groups excluding tert-OH is 1. The molecule has 2 aromatic rings. The van der Waals surface area contributed by atoms with Crippen LogP contribution < -0.4 is 9.64 Å². The molecule has 1 saturated carbocycles. The molecule has 162 valence electrons. The Kier molecular flexibility index (Phi) is 5.44. The molecule has 8 nitrogen and oxygen atoms in total. The summed E-state index contributed by atoms with van der Waals surface area (Å²) < 4.78 is 16.7. The van der Waals surface area contributed by atoms with Gasteiger partial charge in [0.25, 0.3) is 0 Å². The summed E-state index contributed by atoms with van der Waals surface area (Å²) in [7, 11) is 1.35. The normalized spacial score (nSPS) is 26.4. The fourth-order valence-electron chi connectivity index (χ4n) is 4.31.